The molecule has 0 saturated heterocycles. The number of rotatable bonds is 3. The van der Waals surface area contributed by atoms with Crippen LogP contribution in [-0.2, 0) is 14.8 Å². The lowest BCUT2D eigenvalue weighted by Gasteiger charge is -2.57. The van der Waals surface area contributed by atoms with Crippen molar-refractivity contribution in [3.05, 3.63) is 29.8 Å². The van der Waals surface area contributed by atoms with E-state index >= 15 is 0 Å². The largest absolute Gasteiger partial charge is 0.349 e. The van der Waals surface area contributed by atoms with Crippen LogP contribution in [0.15, 0.2) is 29.2 Å². The van der Waals surface area contributed by atoms with Crippen LogP contribution in [0.3, 0.4) is 0 Å². The van der Waals surface area contributed by atoms with Crippen LogP contribution in [0.25, 0.3) is 0 Å². The highest BCUT2D eigenvalue weighted by Gasteiger charge is 2.51. The maximum atomic E-state index is 12.7. The van der Waals surface area contributed by atoms with Crippen molar-refractivity contribution in [1.82, 2.24) is 15.2 Å². The van der Waals surface area contributed by atoms with Gasteiger partial charge in [0.2, 0.25) is 5.91 Å². The lowest BCUT2D eigenvalue weighted by Crippen LogP contribution is -2.62. The lowest BCUT2D eigenvalue weighted by atomic mass is 9.53. The number of carbonyl (C=O) groups excluding carboxylic acids is 2. The van der Waals surface area contributed by atoms with Gasteiger partial charge < -0.3 is 5.32 Å². The Hall–Kier alpha value is -1.93. The van der Waals surface area contributed by atoms with Gasteiger partial charge in [0, 0.05) is 5.54 Å². The van der Waals surface area contributed by atoms with Crippen LogP contribution in [0.2, 0.25) is 0 Å². The molecular weight excluding hydrogens is 366 g/mol. The van der Waals surface area contributed by atoms with Crippen molar-refractivity contribution in [1.29, 1.82) is 0 Å². The van der Waals surface area contributed by atoms with Crippen molar-refractivity contribution in [3.8, 4) is 0 Å². The van der Waals surface area contributed by atoms with Crippen molar-refractivity contribution in [2.75, 3.05) is 6.54 Å². The molecule has 4 fully saturated rings. The second-order valence-electron chi connectivity index (χ2n) is 8.73. The number of nitrogens with one attached hydrogen (secondary N) is 2. The van der Waals surface area contributed by atoms with E-state index in [0.717, 1.165) is 24.3 Å². The Morgan fingerprint density at radius 2 is 1.70 bits per heavy atom. The van der Waals surface area contributed by atoms with Gasteiger partial charge in [-0.05, 0) is 68.4 Å². The number of hydrazine groups is 1. The van der Waals surface area contributed by atoms with E-state index in [2.05, 4.69) is 10.1 Å². The SMILES string of the molecule is O=C(CN1NS(=O)(=O)c2ccccc2C1=O)NC12CC3CC(CC(C3)C1)C2. The van der Waals surface area contributed by atoms with Crippen molar-refractivity contribution in [2.45, 2.75) is 49.0 Å². The minimum absolute atomic E-state index is 0.0484. The Morgan fingerprint density at radius 1 is 1.11 bits per heavy atom. The molecule has 6 rings (SSSR count). The molecule has 4 aliphatic carbocycles. The molecule has 1 heterocycles. The third kappa shape index (κ3) is 2.86. The summed E-state index contributed by atoms with van der Waals surface area (Å²) in [5.74, 6) is 1.28. The minimum atomic E-state index is -3.85. The van der Waals surface area contributed by atoms with Crippen LogP contribution >= 0.6 is 0 Å². The number of benzene rings is 1. The molecule has 0 atom stereocenters. The third-order valence-electron chi connectivity index (χ3n) is 6.63. The molecule has 4 bridgehead atoms. The first-order chi connectivity index (χ1) is 12.8. The zero-order valence-electron chi connectivity index (χ0n) is 15.0. The number of amides is 2. The first kappa shape index (κ1) is 17.2. The smallest absolute Gasteiger partial charge is 0.270 e. The molecule has 8 heteroatoms. The van der Waals surface area contributed by atoms with E-state index in [1.54, 1.807) is 12.1 Å². The van der Waals surface area contributed by atoms with Crippen LogP contribution in [0, 0.1) is 17.8 Å². The summed E-state index contributed by atoms with van der Waals surface area (Å²) in [7, 11) is -3.85. The molecule has 7 nitrogen and oxygen atoms in total. The highest BCUT2D eigenvalue weighted by molar-refractivity contribution is 7.89. The summed E-state index contributed by atoms with van der Waals surface area (Å²) in [5, 5.41) is 4.09. The molecule has 5 aliphatic rings. The van der Waals surface area contributed by atoms with Gasteiger partial charge in [0.05, 0.1) is 10.5 Å². The van der Waals surface area contributed by atoms with Crippen LogP contribution in [0.1, 0.15) is 48.9 Å². The van der Waals surface area contributed by atoms with Gasteiger partial charge in [-0.3, -0.25) is 14.6 Å². The molecule has 144 valence electrons. The Kier molecular flexibility index (Phi) is 3.68. The number of fused-ring (bicyclic) bond motifs is 1. The van der Waals surface area contributed by atoms with Gasteiger partial charge >= 0.3 is 0 Å². The standard InChI is InChI=1S/C19H23N3O4S/c23-17(20-19-8-12-5-13(9-19)7-14(6-12)10-19)11-22-18(24)15-3-1-2-4-16(15)27(25,26)21-22/h1-4,12-14,21H,5-11H2,(H,20,23). The van der Waals surface area contributed by atoms with Crippen molar-refractivity contribution in [2.24, 2.45) is 17.8 Å². The van der Waals surface area contributed by atoms with E-state index in [4.69, 9.17) is 0 Å². The highest BCUT2D eigenvalue weighted by Crippen LogP contribution is 2.55. The molecule has 4 saturated carbocycles. The second-order valence-corrected chi connectivity index (χ2v) is 10.4. The topological polar surface area (TPSA) is 95.6 Å². The van der Waals surface area contributed by atoms with E-state index < -0.39 is 15.9 Å². The molecule has 0 unspecified atom stereocenters. The summed E-state index contributed by atoms with van der Waals surface area (Å²) in [4.78, 5) is 27.5. The minimum Gasteiger partial charge on any atom is -0.349 e. The number of nitrogens with zero attached hydrogens (tertiary/aromatic N) is 1. The van der Waals surface area contributed by atoms with Gasteiger partial charge in [-0.1, -0.05) is 12.1 Å². The van der Waals surface area contributed by atoms with Gasteiger partial charge in [-0.2, -0.15) is 0 Å². The zero-order valence-corrected chi connectivity index (χ0v) is 15.8. The number of hydrogen-bond acceptors (Lipinski definition) is 4. The molecule has 27 heavy (non-hydrogen) atoms. The number of hydrogen-bond donors (Lipinski definition) is 2. The maximum Gasteiger partial charge on any atom is 0.270 e. The van der Waals surface area contributed by atoms with E-state index in [9.17, 15) is 18.0 Å². The van der Waals surface area contributed by atoms with Gasteiger partial charge in [0.25, 0.3) is 15.9 Å². The maximum absolute atomic E-state index is 12.7. The van der Waals surface area contributed by atoms with Gasteiger partial charge in [-0.25, -0.2) is 8.42 Å². The van der Waals surface area contributed by atoms with Crippen molar-refractivity contribution in [3.63, 3.8) is 0 Å². The van der Waals surface area contributed by atoms with Crippen LogP contribution < -0.4 is 10.1 Å². The molecular formula is C19H23N3O4S. The average Bonchev–Trinajstić information content (AvgIpc) is 2.57. The molecule has 0 aromatic heterocycles. The summed E-state index contributed by atoms with van der Waals surface area (Å²) in [6, 6.07) is 6.05. The predicted octanol–water partition coefficient (Wildman–Crippen LogP) is 1.42. The van der Waals surface area contributed by atoms with Crippen LogP contribution in [-0.4, -0.2) is 37.3 Å². The van der Waals surface area contributed by atoms with E-state index in [1.807, 2.05) is 0 Å². The van der Waals surface area contributed by atoms with Gasteiger partial charge in [0.15, 0.2) is 0 Å². The number of carbonyl (C=O) groups is 2. The quantitative estimate of drug-likeness (QED) is 0.817. The summed E-state index contributed by atoms with van der Waals surface area (Å²) in [6.07, 6.45) is 6.84. The fraction of sp³-hybridized carbons (Fsp3) is 0.579. The van der Waals surface area contributed by atoms with E-state index in [1.165, 1.54) is 31.4 Å². The summed E-state index contributed by atoms with van der Waals surface area (Å²) in [6.45, 7) is -0.311. The van der Waals surface area contributed by atoms with Gasteiger partial charge in [0.1, 0.15) is 6.54 Å². The molecule has 1 aliphatic heterocycles. The summed E-state index contributed by atoms with van der Waals surface area (Å²) < 4.78 is 24.8. The molecule has 0 spiro atoms. The van der Waals surface area contributed by atoms with Crippen molar-refractivity contribution >= 4 is 21.8 Å². The van der Waals surface area contributed by atoms with E-state index in [-0.39, 0.29) is 28.4 Å². The lowest BCUT2D eigenvalue weighted by molar-refractivity contribution is -0.127. The molecule has 2 amide bonds. The zero-order chi connectivity index (χ0) is 18.8. The first-order valence-electron chi connectivity index (χ1n) is 9.58. The predicted molar refractivity (Wildman–Crippen MR) is 96.8 cm³/mol. The molecule has 1 aromatic rings. The fourth-order valence-corrected chi connectivity index (χ4v) is 7.34. The van der Waals surface area contributed by atoms with E-state index in [0.29, 0.717) is 17.8 Å². The summed E-state index contributed by atoms with van der Waals surface area (Å²) in [5.41, 5.74) is -0.0691. The normalized spacial score (nSPS) is 35.8. The summed E-state index contributed by atoms with van der Waals surface area (Å²) >= 11 is 0. The van der Waals surface area contributed by atoms with Crippen molar-refractivity contribution < 1.29 is 18.0 Å². The molecule has 1 aromatic carbocycles. The fourth-order valence-electron chi connectivity index (χ4n) is 6.11. The Bertz CT molecular complexity index is 891. The van der Waals surface area contributed by atoms with Crippen LogP contribution in [0.5, 0.6) is 0 Å². The third-order valence-corrected chi connectivity index (χ3v) is 8.02. The number of sulfonamides is 1. The van der Waals surface area contributed by atoms with Gasteiger partial charge in [-0.15, -0.1) is 4.83 Å². The Morgan fingerprint density at radius 3 is 2.33 bits per heavy atom. The van der Waals surface area contributed by atoms with Crippen LogP contribution in [0.4, 0.5) is 0 Å². The Labute approximate surface area is 158 Å². The second kappa shape index (κ2) is 5.78. The molecule has 0 radical (unpaired) electrons. The molecule has 2 N–H and O–H groups in total. The first-order valence-corrected chi connectivity index (χ1v) is 11.1. The highest BCUT2D eigenvalue weighted by atomic mass is 32.2. The average molecular weight is 389 g/mol. The Balaban J connectivity index is 1.33. The monoisotopic (exact) mass is 389 g/mol.